The quantitative estimate of drug-likeness (QED) is 0.873. The average Bonchev–Trinajstić information content (AvgIpc) is 3.03. The third-order valence-corrected chi connectivity index (χ3v) is 7.09. The van der Waals surface area contributed by atoms with Crippen LogP contribution in [0.2, 0.25) is 0 Å². The van der Waals surface area contributed by atoms with Crippen LogP contribution in [-0.4, -0.2) is 42.5 Å². The Hall–Kier alpha value is -1.98. The van der Waals surface area contributed by atoms with Crippen molar-refractivity contribution in [2.75, 3.05) is 24.5 Å². The molecule has 3 heterocycles. The monoisotopic (exact) mass is 379 g/mol. The summed E-state index contributed by atoms with van der Waals surface area (Å²) in [5.41, 5.74) is 2.43. The highest BCUT2D eigenvalue weighted by molar-refractivity contribution is 7.99. The van der Waals surface area contributed by atoms with E-state index in [0.29, 0.717) is 18.5 Å². The molecule has 2 fully saturated rings. The molecule has 0 aromatic heterocycles. The molecular formula is C22H25N3OS. The Morgan fingerprint density at radius 2 is 1.63 bits per heavy atom. The predicted molar refractivity (Wildman–Crippen MR) is 110 cm³/mol. The molecule has 0 spiro atoms. The summed E-state index contributed by atoms with van der Waals surface area (Å²) in [6.45, 7) is 2.50. The number of rotatable bonds is 3. The molecule has 2 aromatic carbocycles. The summed E-state index contributed by atoms with van der Waals surface area (Å²) in [7, 11) is 0. The van der Waals surface area contributed by atoms with Gasteiger partial charge in [0.1, 0.15) is 0 Å². The van der Waals surface area contributed by atoms with Gasteiger partial charge in [-0.1, -0.05) is 36.0 Å². The first-order valence-electron chi connectivity index (χ1n) is 9.95. The van der Waals surface area contributed by atoms with E-state index in [9.17, 15) is 4.79 Å². The van der Waals surface area contributed by atoms with Crippen LogP contribution in [0.15, 0.2) is 58.3 Å². The fourth-order valence-corrected chi connectivity index (χ4v) is 5.65. The summed E-state index contributed by atoms with van der Waals surface area (Å²) in [5, 5.41) is 3.66. The van der Waals surface area contributed by atoms with E-state index in [4.69, 9.17) is 0 Å². The number of fused-ring (bicyclic) bond motifs is 4. The summed E-state index contributed by atoms with van der Waals surface area (Å²) in [6.07, 6.45) is 4.13. The second-order valence-corrected chi connectivity index (χ2v) is 8.79. The van der Waals surface area contributed by atoms with Crippen LogP contribution in [0.4, 0.5) is 11.4 Å². The van der Waals surface area contributed by atoms with Gasteiger partial charge in [-0.3, -0.25) is 4.79 Å². The van der Waals surface area contributed by atoms with E-state index in [1.165, 1.54) is 34.0 Å². The number of carbonyl (C=O) groups is 1. The van der Waals surface area contributed by atoms with Gasteiger partial charge in [-0.25, -0.2) is 0 Å². The van der Waals surface area contributed by atoms with E-state index in [1.807, 2.05) is 11.8 Å². The van der Waals surface area contributed by atoms with Crippen molar-refractivity contribution in [1.82, 2.24) is 10.2 Å². The van der Waals surface area contributed by atoms with Gasteiger partial charge in [0.2, 0.25) is 5.91 Å². The highest BCUT2D eigenvalue weighted by atomic mass is 32.2. The van der Waals surface area contributed by atoms with Gasteiger partial charge in [-0.05, 0) is 43.5 Å². The van der Waals surface area contributed by atoms with Crippen molar-refractivity contribution in [2.24, 2.45) is 0 Å². The van der Waals surface area contributed by atoms with E-state index in [0.717, 1.165) is 26.1 Å². The summed E-state index contributed by atoms with van der Waals surface area (Å²) in [6, 6.07) is 18.1. The molecule has 1 amide bonds. The first kappa shape index (κ1) is 17.1. The molecule has 27 heavy (non-hydrogen) atoms. The maximum Gasteiger partial charge on any atom is 0.224 e. The summed E-state index contributed by atoms with van der Waals surface area (Å²) in [4.78, 5) is 19.9. The van der Waals surface area contributed by atoms with E-state index >= 15 is 0 Å². The lowest BCUT2D eigenvalue weighted by Gasteiger charge is -2.33. The standard InChI is InChI=1S/C22H25N3OS/c26-22(24-13-11-16-9-10-17(15-24)23-16)12-14-25-18-5-1-3-7-20(18)27-21-8-4-2-6-19(21)25/h1-8,16-17,23H,9-15H2. The van der Waals surface area contributed by atoms with Crippen LogP contribution in [0.5, 0.6) is 0 Å². The lowest BCUT2D eigenvalue weighted by molar-refractivity contribution is -0.131. The van der Waals surface area contributed by atoms with Crippen molar-refractivity contribution in [1.29, 1.82) is 0 Å². The molecule has 3 aliphatic heterocycles. The molecule has 2 bridgehead atoms. The van der Waals surface area contributed by atoms with Crippen molar-refractivity contribution in [3.8, 4) is 0 Å². The number of hydrogen-bond donors (Lipinski definition) is 1. The average molecular weight is 380 g/mol. The van der Waals surface area contributed by atoms with E-state index in [2.05, 4.69) is 63.6 Å². The van der Waals surface area contributed by atoms with Crippen LogP contribution in [0.1, 0.15) is 25.7 Å². The van der Waals surface area contributed by atoms with Crippen LogP contribution in [0.3, 0.4) is 0 Å². The van der Waals surface area contributed by atoms with Crippen molar-refractivity contribution < 1.29 is 4.79 Å². The third-order valence-electron chi connectivity index (χ3n) is 5.96. The third kappa shape index (κ3) is 3.34. The van der Waals surface area contributed by atoms with E-state index < -0.39 is 0 Å². The van der Waals surface area contributed by atoms with Crippen LogP contribution in [-0.2, 0) is 4.79 Å². The zero-order chi connectivity index (χ0) is 18.2. The molecule has 0 saturated carbocycles. The van der Waals surface area contributed by atoms with Crippen LogP contribution < -0.4 is 10.2 Å². The van der Waals surface area contributed by atoms with Crippen LogP contribution in [0, 0.1) is 0 Å². The lowest BCUT2D eigenvalue weighted by Crippen LogP contribution is -2.40. The van der Waals surface area contributed by atoms with E-state index in [-0.39, 0.29) is 5.91 Å². The molecule has 4 nitrogen and oxygen atoms in total. The number of benzene rings is 2. The minimum atomic E-state index is 0.289. The molecule has 5 heteroatoms. The summed E-state index contributed by atoms with van der Waals surface area (Å²) >= 11 is 1.81. The first-order valence-corrected chi connectivity index (χ1v) is 10.8. The number of anilines is 2. The molecule has 2 aromatic rings. The summed E-state index contributed by atoms with van der Waals surface area (Å²) < 4.78 is 0. The topological polar surface area (TPSA) is 35.6 Å². The Balaban J connectivity index is 1.33. The molecule has 2 unspecified atom stereocenters. The van der Waals surface area contributed by atoms with Gasteiger partial charge in [0, 0.05) is 47.9 Å². The van der Waals surface area contributed by atoms with E-state index in [1.54, 1.807) is 0 Å². The van der Waals surface area contributed by atoms with Gasteiger partial charge in [0.15, 0.2) is 0 Å². The minimum Gasteiger partial charge on any atom is -0.341 e. The highest BCUT2D eigenvalue weighted by Crippen LogP contribution is 2.47. The Labute approximate surface area is 164 Å². The van der Waals surface area contributed by atoms with Crippen molar-refractivity contribution in [2.45, 2.75) is 47.6 Å². The smallest absolute Gasteiger partial charge is 0.224 e. The van der Waals surface area contributed by atoms with Crippen molar-refractivity contribution >= 4 is 29.0 Å². The maximum atomic E-state index is 13.0. The number of carbonyl (C=O) groups excluding carboxylic acids is 1. The fraction of sp³-hybridized carbons (Fsp3) is 0.409. The van der Waals surface area contributed by atoms with Crippen molar-refractivity contribution in [3.63, 3.8) is 0 Å². The molecule has 140 valence electrons. The first-order chi connectivity index (χ1) is 13.3. The molecule has 5 rings (SSSR count). The number of nitrogens with zero attached hydrogens (tertiary/aromatic N) is 2. The van der Waals surface area contributed by atoms with Gasteiger partial charge >= 0.3 is 0 Å². The van der Waals surface area contributed by atoms with Gasteiger partial charge < -0.3 is 15.1 Å². The number of nitrogens with one attached hydrogen (secondary N) is 1. The van der Waals surface area contributed by atoms with Gasteiger partial charge in [-0.15, -0.1) is 0 Å². The SMILES string of the molecule is O=C(CCN1c2ccccc2Sc2ccccc21)N1CCC2CCC(C1)N2. The zero-order valence-corrected chi connectivity index (χ0v) is 16.3. The molecule has 2 saturated heterocycles. The van der Waals surface area contributed by atoms with Gasteiger partial charge in [-0.2, -0.15) is 0 Å². The molecular weight excluding hydrogens is 354 g/mol. The van der Waals surface area contributed by atoms with Crippen LogP contribution in [0.25, 0.3) is 0 Å². The second kappa shape index (κ2) is 7.21. The summed E-state index contributed by atoms with van der Waals surface area (Å²) in [5.74, 6) is 0.289. The lowest BCUT2D eigenvalue weighted by atomic mass is 10.1. The number of likely N-dealkylation sites (tertiary alicyclic amines) is 1. The molecule has 0 radical (unpaired) electrons. The molecule has 2 atom stereocenters. The van der Waals surface area contributed by atoms with Crippen molar-refractivity contribution in [3.05, 3.63) is 48.5 Å². The largest absolute Gasteiger partial charge is 0.341 e. The second-order valence-electron chi connectivity index (χ2n) is 7.71. The zero-order valence-electron chi connectivity index (χ0n) is 15.4. The van der Waals surface area contributed by atoms with Gasteiger partial charge in [0.25, 0.3) is 0 Å². The molecule has 0 aliphatic carbocycles. The normalized spacial score (nSPS) is 23.6. The molecule has 3 aliphatic rings. The Morgan fingerprint density at radius 3 is 2.37 bits per heavy atom. The Kier molecular flexibility index (Phi) is 4.58. The van der Waals surface area contributed by atoms with Crippen LogP contribution >= 0.6 is 11.8 Å². The predicted octanol–water partition coefficient (Wildman–Crippen LogP) is 4.03. The fourth-order valence-electron chi connectivity index (χ4n) is 4.56. The maximum absolute atomic E-state index is 13.0. The molecule has 1 N–H and O–H groups in total. The highest BCUT2D eigenvalue weighted by Gasteiger charge is 2.31. The Bertz CT molecular complexity index is 809. The Morgan fingerprint density at radius 1 is 0.963 bits per heavy atom. The van der Waals surface area contributed by atoms with Gasteiger partial charge in [0.05, 0.1) is 11.4 Å². The number of para-hydroxylation sites is 2. The number of amides is 1. The number of hydrogen-bond acceptors (Lipinski definition) is 4. The minimum absolute atomic E-state index is 0.289.